The third-order valence-electron chi connectivity index (χ3n) is 3.70. The van der Waals surface area contributed by atoms with Crippen LogP contribution in [-0.2, 0) is 0 Å². The monoisotopic (exact) mass is 280 g/mol. The van der Waals surface area contributed by atoms with Crippen LogP contribution in [0.1, 0.15) is 57.1 Å². The summed E-state index contributed by atoms with van der Waals surface area (Å²) in [5, 5.41) is 19.6. The van der Waals surface area contributed by atoms with E-state index in [1.807, 2.05) is 19.1 Å². The Morgan fingerprint density at radius 1 is 1.15 bits per heavy atom. The molecule has 0 bridgehead atoms. The standard InChI is InChI=1S/C17H28O3/c1-5-9-20-14-7-8-15(12(3)10-14)13(4)11-17(19)16(18)6-2/h7-8,10,13,16-19H,5-6,9,11H2,1-4H3. The average Bonchev–Trinajstić information content (AvgIpc) is 2.43. The predicted octanol–water partition coefficient (Wildman–Crippen LogP) is 3.41. The molecule has 0 saturated heterocycles. The van der Waals surface area contributed by atoms with E-state index in [4.69, 9.17) is 4.74 Å². The quantitative estimate of drug-likeness (QED) is 0.767. The molecule has 2 N–H and O–H groups in total. The lowest BCUT2D eigenvalue weighted by molar-refractivity contribution is 0.00951. The van der Waals surface area contributed by atoms with Gasteiger partial charge in [0.05, 0.1) is 18.8 Å². The number of hydrogen-bond acceptors (Lipinski definition) is 3. The van der Waals surface area contributed by atoms with Gasteiger partial charge in [-0.15, -0.1) is 0 Å². The molecule has 3 atom stereocenters. The van der Waals surface area contributed by atoms with Gasteiger partial charge in [-0.2, -0.15) is 0 Å². The Balaban J connectivity index is 2.70. The molecule has 0 aliphatic heterocycles. The maximum absolute atomic E-state index is 9.94. The Morgan fingerprint density at radius 3 is 2.40 bits per heavy atom. The zero-order valence-electron chi connectivity index (χ0n) is 13.1. The van der Waals surface area contributed by atoms with Crippen molar-refractivity contribution in [3.05, 3.63) is 29.3 Å². The summed E-state index contributed by atoms with van der Waals surface area (Å²) in [7, 11) is 0. The van der Waals surface area contributed by atoms with Gasteiger partial charge in [0.1, 0.15) is 5.75 Å². The van der Waals surface area contributed by atoms with E-state index >= 15 is 0 Å². The molecule has 0 aromatic heterocycles. The molecule has 0 radical (unpaired) electrons. The predicted molar refractivity (Wildman–Crippen MR) is 82.3 cm³/mol. The van der Waals surface area contributed by atoms with Crippen molar-refractivity contribution in [2.45, 2.75) is 65.1 Å². The molecule has 1 aromatic carbocycles. The second kappa shape index (κ2) is 8.28. The molecule has 3 unspecified atom stereocenters. The molecule has 3 nitrogen and oxygen atoms in total. The van der Waals surface area contributed by atoms with Crippen molar-refractivity contribution in [2.75, 3.05) is 6.61 Å². The average molecular weight is 280 g/mol. The fourth-order valence-corrected chi connectivity index (χ4v) is 2.43. The van der Waals surface area contributed by atoms with Gasteiger partial charge in [-0.05, 0) is 55.4 Å². The van der Waals surface area contributed by atoms with Crippen LogP contribution in [0.4, 0.5) is 0 Å². The van der Waals surface area contributed by atoms with E-state index in [0.717, 1.165) is 18.8 Å². The number of rotatable bonds is 8. The summed E-state index contributed by atoms with van der Waals surface area (Å²) in [5.41, 5.74) is 2.38. The molecule has 0 amide bonds. The minimum absolute atomic E-state index is 0.214. The Hall–Kier alpha value is -1.06. The fourth-order valence-electron chi connectivity index (χ4n) is 2.43. The van der Waals surface area contributed by atoms with Crippen LogP contribution in [0, 0.1) is 6.92 Å². The molecule has 1 rings (SSSR count). The van der Waals surface area contributed by atoms with Crippen LogP contribution < -0.4 is 4.74 Å². The smallest absolute Gasteiger partial charge is 0.119 e. The molecular weight excluding hydrogens is 252 g/mol. The Bertz CT molecular complexity index is 403. The van der Waals surface area contributed by atoms with E-state index < -0.39 is 12.2 Å². The lowest BCUT2D eigenvalue weighted by Gasteiger charge is -2.22. The van der Waals surface area contributed by atoms with Crippen molar-refractivity contribution < 1.29 is 14.9 Å². The molecule has 114 valence electrons. The Kier molecular flexibility index (Phi) is 7.03. The summed E-state index contributed by atoms with van der Waals surface area (Å²) in [6, 6.07) is 6.09. The molecule has 20 heavy (non-hydrogen) atoms. The van der Waals surface area contributed by atoms with Gasteiger partial charge in [-0.3, -0.25) is 0 Å². The molecule has 0 saturated carbocycles. The van der Waals surface area contributed by atoms with Crippen LogP contribution >= 0.6 is 0 Å². The molecule has 3 heteroatoms. The molecule has 1 aromatic rings. The highest BCUT2D eigenvalue weighted by molar-refractivity contribution is 5.36. The molecule has 0 aliphatic carbocycles. The van der Waals surface area contributed by atoms with Gasteiger partial charge in [0.15, 0.2) is 0 Å². The van der Waals surface area contributed by atoms with Crippen molar-refractivity contribution in [2.24, 2.45) is 0 Å². The lowest BCUT2D eigenvalue weighted by atomic mass is 9.90. The van der Waals surface area contributed by atoms with E-state index in [-0.39, 0.29) is 5.92 Å². The first-order valence-corrected chi connectivity index (χ1v) is 7.59. The number of aliphatic hydroxyl groups excluding tert-OH is 2. The molecule has 0 fully saturated rings. The highest BCUT2D eigenvalue weighted by atomic mass is 16.5. The summed E-state index contributed by atoms with van der Waals surface area (Å²) in [4.78, 5) is 0. The van der Waals surface area contributed by atoms with Crippen LogP contribution in [0.15, 0.2) is 18.2 Å². The third-order valence-corrected chi connectivity index (χ3v) is 3.70. The number of aryl methyl sites for hydroxylation is 1. The van der Waals surface area contributed by atoms with Gasteiger partial charge in [0.2, 0.25) is 0 Å². The lowest BCUT2D eigenvalue weighted by Crippen LogP contribution is -2.26. The summed E-state index contributed by atoms with van der Waals surface area (Å²) >= 11 is 0. The van der Waals surface area contributed by atoms with Crippen LogP contribution in [0.25, 0.3) is 0 Å². The topological polar surface area (TPSA) is 49.7 Å². The maximum Gasteiger partial charge on any atom is 0.119 e. The largest absolute Gasteiger partial charge is 0.494 e. The minimum Gasteiger partial charge on any atom is -0.494 e. The summed E-state index contributed by atoms with van der Waals surface area (Å²) in [5.74, 6) is 1.11. The molecule has 0 aliphatic rings. The zero-order chi connectivity index (χ0) is 15.1. The number of aliphatic hydroxyl groups is 2. The van der Waals surface area contributed by atoms with Crippen molar-refractivity contribution >= 4 is 0 Å². The maximum atomic E-state index is 9.94. The van der Waals surface area contributed by atoms with Gasteiger partial charge in [-0.25, -0.2) is 0 Å². The summed E-state index contributed by atoms with van der Waals surface area (Å²) in [6.07, 6.45) is 0.857. The van der Waals surface area contributed by atoms with Crippen molar-refractivity contribution in [3.63, 3.8) is 0 Å². The Morgan fingerprint density at radius 2 is 1.85 bits per heavy atom. The SMILES string of the molecule is CCCOc1ccc(C(C)CC(O)C(O)CC)c(C)c1. The van der Waals surface area contributed by atoms with E-state index in [9.17, 15) is 10.2 Å². The first-order chi connectivity index (χ1) is 9.49. The summed E-state index contributed by atoms with van der Waals surface area (Å²) < 4.78 is 5.62. The van der Waals surface area contributed by atoms with Crippen molar-refractivity contribution in [1.82, 2.24) is 0 Å². The van der Waals surface area contributed by atoms with Crippen LogP contribution in [0.5, 0.6) is 5.75 Å². The first kappa shape index (κ1) is 17.0. The van der Waals surface area contributed by atoms with E-state index in [1.165, 1.54) is 11.1 Å². The second-order valence-electron chi connectivity index (χ2n) is 5.55. The normalized spacial score (nSPS) is 15.7. The van der Waals surface area contributed by atoms with Gasteiger partial charge in [0.25, 0.3) is 0 Å². The highest BCUT2D eigenvalue weighted by Gasteiger charge is 2.19. The second-order valence-corrected chi connectivity index (χ2v) is 5.55. The third kappa shape index (κ3) is 4.80. The zero-order valence-corrected chi connectivity index (χ0v) is 13.1. The van der Waals surface area contributed by atoms with Gasteiger partial charge < -0.3 is 14.9 Å². The highest BCUT2D eigenvalue weighted by Crippen LogP contribution is 2.28. The minimum atomic E-state index is -0.662. The molecule has 0 spiro atoms. The van der Waals surface area contributed by atoms with E-state index in [2.05, 4.69) is 26.8 Å². The molecular formula is C17H28O3. The van der Waals surface area contributed by atoms with Crippen LogP contribution in [0.2, 0.25) is 0 Å². The number of ether oxygens (including phenoxy) is 1. The first-order valence-electron chi connectivity index (χ1n) is 7.59. The van der Waals surface area contributed by atoms with E-state index in [0.29, 0.717) is 12.8 Å². The van der Waals surface area contributed by atoms with Gasteiger partial charge in [-0.1, -0.05) is 26.8 Å². The van der Waals surface area contributed by atoms with Crippen molar-refractivity contribution in [1.29, 1.82) is 0 Å². The van der Waals surface area contributed by atoms with Gasteiger partial charge >= 0.3 is 0 Å². The van der Waals surface area contributed by atoms with Crippen molar-refractivity contribution in [3.8, 4) is 5.75 Å². The molecule has 0 heterocycles. The number of hydrogen-bond donors (Lipinski definition) is 2. The van der Waals surface area contributed by atoms with Crippen LogP contribution in [-0.4, -0.2) is 29.0 Å². The summed E-state index contributed by atoms with van der Waals surface area (Å²) in [6.45, 7) is 8.84. The Labute approximate surface area is 122 Å². The van der Waals surface area contributed by atoms with Gasteiger partial charge in [0, 0.05) is 0 Å². The fraction of sp³-hybridized carbons (Fsp3) is 0.647. The van der Waals surface area contributed by atoms with E-state index in [1.54, 1.807) is 0 Å². The number of benzene rings is 1. The van der Waals surface area contributed by atoms with Crippen LogP contribution in [0.3, 0.4) is 0 Å².